The fraction of sp³-hybridized carbons (Fsp3) is 0.269. The minimum absolute atomic E-state index is 0.0144. The maximum Gasteiger partial charge on any atom is 0.305 e. The highest BCUT2D eigenvalue weighted by molar-refractivity contribution is 6.31. The molecule has 0 radical (unpaired) electrons. The van der Waals surface area contributed by atoms with Gasteiger partial charge in [0.1, 0.15) is 0 Å². The molecular weight excluding hydrogens is 440 g/mol. The summed E-state index contributed by atoms with van der Waals surface area (Å²) in [6, 6.07) is 15.8. The molecule has 1 heterocycles. The second-order valence-corrected chi connectivity index (χ2v) is 9.16. The van der Waals surface area contributed by atoms with Gasteiger partial charge < -0.3 is 15.2 Å². The lowest BCUT2D eigenvalue weighted by molar-refractivity contribution is -0.137. The van der Waals surface area contributed by atoms with Gasteiger partial charge in [0, 0.05) is 16.8 Å². The number of aliphatic carboxylic acids is 1. The van der Waals surface area contributed by atoms with Crippen LogP contribution in [0.2, 0.25) is 5.02 Å². The maximum absolute atomic E-state index is 13.1. The normalized spacial score (nSPS) is 12.2. The third kappa shape index (κ3) is 5.90. The van der Waals surface area contributed by atoms with Gasteiger partial charge in [-0.05, 0) is 34.2 Å². The zero-order chi connectivity index (χ0) is 24.2. The Kier molecular flexibility index (Phi) is 7.39. The molecule has 1 unspecified atom stereocenters. The van der Waals surface area contributed by atoms with Crippen LogP contribution in [0.15, 0.2) is 60.8 Å². The molecule has 172 valence electrons. The summed E-state index contributed by atoms with van der Waals surface area (Å²) < 4.78 is 5.41. The predicted molar refractivity (Wildman–Crippen MR) is 129 cm³/mol. The quantitative estimate of drug-likeness (QED) is 0.469. The molecule has 0 aliphatic rings. The molecule has 0 bridgehead atoms. The number of methoxy groups -OCH3 is 1. The Morgan fingerprint density at radius 2 is 1.79 bits per heavy atom. The number of carboxylic acid groups (broad SMARTS) is 1. The van der Waals surface area contributed by atoms with Crippen molar-refractivity contribution in [2.75, 3.05) is 7.11 Å². The Labute approximate surface area is 198 Å². The maximum atomic E-state index is 13.1. The zero-order valence-corrected chi connectivity index (χ0v) is 19.8. The number of nitrogens with zero attached hydrogens (tertiary/aromatic N) is 1. The van der Waals surface area contributed by atoms with Gasteiger partial charge >= 0.3 is 5.97 Å². The SMILES string of the molecule is COc1ncc(C(=O)NC(CC(=O)O)c2ccccc2Cl)cc1-c1ccc(C(C)(C)C)cc1. The Morgan fingerprint density at radius 3 is 2.36 bits per heavy atom. The van der Waals surface area contributed by atoms with Gasteiger partial charge in [0.25, 0.3) is 5.91 Å². The van der Waals surface area contributed by atoms with Crippen molar-refractivity contribution in [3.63, 3.8) is 0 Å². The highest BCUT2D eigenvalue weighted by Gasteiger charge is 2.22. The first kappa shape index (κ1) is 24.3. The zero-order valence-electron chi connectivity index (χ0n) is 19.1. The van der Waals surface area contributed by atoms with E-state index in [4.69, 9.17) is 16.3 Å². The number of carboxylic acids is 1. The van der Waals surface area contributed by atoms with Gasteiger partial charge in [0.05, 0.1) is 25.1 Å². The molecule has 0 aliphatic heterocycles. The van der Waals surface area contributed by atoms with Crippen molar-refractivity contribution >= 4 is 23.5 Å². The van der Waals surface area contributed by atoms with Crippen molar-refractivity contribution < 1.29 is 19.4 Å². The van der Waals surface area contributed by atoms with Crippen LogP contribution in [-0.4, -0.2) is 29.1 Å². The molecule has 6 nitrogen and oxygen atoms in total. The Morgan fingerprint density at radius 1 is 1.12 bits per heavy atom. The molecule has 2 aromatic carbocycles. The first-order valence-electron chi connectivity index (χ1n) is 10.5. The van der Waals surface area contributed by atoms with Crippen molar-refractivity contribution in [2.24, 2.45) is 0 Å². The summed E-state index contributed by atoms with van der Waals surface area (Å²) in [5.74, 6) is -1.11. The number of carbonyl (C=O) groups excluding carboxylic acids is 1. The van der Waals surface area contributed by atoms with Crippen LogP contribution in [0.3, 0.4) is 0 Å². The average molecular weight is 467 g/mol. The topological polar surface area (TPSA) is 88.5 Å². The van der Waals surface area contributed by atoms with Crippen LogP contribution in [0, 0.1) is 0 Å². The molecule has 1 atom stereocenters. The molecule has 0 fully saturated rings. The molecule has 3 aromatic rings. The summed E-state index contributed by atoms with van der Waals surface area (Å²) in [6.07, 6.45) is 1.10. The van der Waals surface area contributed by atoms with E-state index in [2.05, 4.69) is 31.1 Å². The van der Waals surface area contributed by atoms with Crippen LogP contribution < -0.4 is 10.1 Å². The molecule has 1 aromatic heterocycles. The molecular formula is C26H27ClN2O4. The van der Waals surface area contributed by atoms with E-state index < -0.39 is 17.9 Å². The molecule has 33 heavy (non-hydrogen) atoms. The minimum atomic E-state index is -1.05. The van der Waals surface area contributed by atoms with E-state index in [1.165, 1.54) is 18.9 Å². The van der Waals surface area contributed by atoms with Crippen molar-refractivity contribution in [3.05, 3.63) is 82.5 Å². The van der Waals surface area contributed by atoms with E-state index in [-0.39, 0.29) is 17.4 Å². The smallest absolute Gasteiger partial charge is 0.305 e. The first-order valence-corrected chi connectivity index (χ1v) is 10.9. The van der Waals surface area contributed by atoms with Crippen LogP contribution in [-0.2, 0) is 10.2 Å². The number of ether oxygens (including phenoxy) is 1. The van der Waals surface area contributed by atoms with Gasteiger partial charge in [-0.3, -0.25) is 9.59 Å². The number of amides is 1. The monoisotopic (exact) mass is 466 g/mol. The van der Waals surface area contributed by atoms with Crippen molar-refractivity contribution in [2.45, 2.75) is 38.6 Å². The number of pyridine rings is 1. The Hall–Kier alpha value is -3.38. The van der Waals surface area contributed by atoms with Gasteiger partial charge in [-0.2, -0.15) is 0 Å². The summed E-state index contributed by atoms with van der Waals surface area (Å²) in [4.78, 5) is 28.8. The molecule has 0 aliphatic carbocycles. The molecule has 0 spiro atoms. The number of carbonyl (C=O) groups is 2. The van der Waals surface area contributed by atoms with Crippen LogP contribution in [0.4, 0.5) is 0 Å². The Balaban J connectivity index is 1.93. The van der Waals surface area contributed by atoms with Gasteiger partial charge in [-0.25, -0.2) is 4.98 Å². The lowest BCUT2D eigenvalue weighted by Crippen LogP contribution is -2.30. The van der Waals surface area contributed by atoms with Crippen molar-refractivity contribution in [1.82, 2.24) is 10.3 Å². The van der Waals surface area contributed by atoms with Crippen LogP contribution in [0.1, 0.15) is 54.7 Å². The Bertz CT molecular complexity index is 1150. The van der Waals surface area contributed by atoms with E-state index >= 15 is 0 Å². The highest BCUT2D eigenvalue weighted by atomic mass is 35.5. The second-order valence-electron chi connectivity index (χ2n) is 8.75. The van der Waals surface area contributed by atoms with Gasteiger partial charge in [0.2, 0.25) is 5.88 Å². The van der Waals surface area contributed by atoms with Gasteiger partial charge in [-0.15, -0.1) is 0 Å². The lowest BCUT2D eigenvalue weighted by Gasteiger charge is -2.20. The fourth-order valence-corrected chi connectivity index (χ4v) is 3.78. The number of hydrogen-bond acceptors (Lipinski definition) is 4. The number of halogens is 1. The van der Waals surface area contributed by atoms with Crippen LogP contribution >= 0.6 is 11.6 Å². The minimum Gasteiger partial charge on any atom is -0.481 e. The molecule has 0 saturated carbocycles. The summed E-state index contributed by atoms with van der Waals surface area (Å²) in [5, 5.41) is 12.5. The third-order valence-electron chi connectivity index (χ3n) is 5.33. The number of aromatic nitrogens is 1. The predicted octanol–water partition coefficient (Wildman–Crippen LogP) is 5.65. The van der Waals surface area contributed by atoms with Crippen LogP contribution in [0.25, 0.3) is 11.1 Å². The first-order chi connectivity index (χ1) is 15.6. The second kappa shape index (κ2) is 10.0. The highest BCUT2D eigenvalue weighted by Crippen LogP contribution is 2.32. The number of nitrogens with one attached hydrogen (secondary N) is 1. The van der Waals surface area contributed by atoms with E-state index in [1.54, 1.807) is 30.3 Å². The fourth-order valence-electron chi connectivity index (χ4n) is 3.51. The van der Waals surface area contributed by atoms with E-state index in [0.29, 0.717) is 22.0 Å². The number of benzene rings is 2. The van der Waals surface area contributed by atoms with E-state index in [1.807, 2.05) is 24.3 Å². The molecule has 1 amide bonds. The molecule has 0 saturated heterocycles. The summed E-state index contributed by atoms with van der Waals surface area (Å²) in [7, 11) is 1.52. The summed E-state index contributed by atoms with van der Waals surface area (Å²) in [6.45, 7) is 6.42. The average Bonchev–Trinajstić information content (AvgIpc) is 2.77. The number of hydrogen-bond donors (Lipinski definition) is 2. The van der Waals surface area contributed by atoms with Crippen molar-refractivity contribution in [1.29, 1.82) is 0 Å². The van der Waals surface area contributed by atoms with Crippen LogP contribution in [0.5, 0.6) is 5.88 Å². The molecule has 7 heteroatoms. The molecule has 2 N–H and O–H groups in total. The number of rotatable bonds is 7. The largest absolute Gasteiger partial charge is 0.481 e. The summed E-state index contributed by atoms with van der Waals surface area (Å²) >= 11 is 6.25. The third-order valence-corrected chi connectivity index (χ3v) is 5.68. The van der Waals surface area contributed by atoms with E-state index in [9.17, 15) is 14.7 Å². The van der Waals surface area contributed by atoms with E-state index in [0.717, 1.165) is 5.56 Å². The molecule has 3 rings (SSSR count). The van der Waals surface area contributed by atoms with Gasteiger partial charge in [-0.1, -0.05) is 74.8 Å². The lowest BCUT2D eigenvalue weighted by atomic mass is 9.86. The van der Waals surface area contributed by atoms with Crippen molar-refractivity contribution in [3.8, 4) is 17.0 Å². The van der Waals surface area contributed by atoms with Gasteiger partial charge in [0.15, 0.2) is 0 Å². The standard InChI is InChI=1S/C26H27ClN2O4/c1-26(2,3)18-11-9-16(10-12-18)20-13-17(15-28-25(20)33-4)24(32)29-22(14-23(30)31)19-7-5-6-8-21(19)27/h5-13,15,22H,14H2,1-4H3,(H,29,32)(H,30,31). The summed E-state index contributed by atoms with van der Waals surface area (Å²) in [5.41, 5.74) is 3.54.